The molecule has 0 spiro atoms. The van der Waals surface area contributed by atoms with Crippen molar-refractivity contribution in [3.8, 4) is 0 Å². The molecule has 2 heterocycles. The molecule has 1 fully saturated rings. The van der Waals surface area contributed by atoms with Gasteiger partial charge >= 0.3 is 0 Å². The summed E-state index contributed by atoms with van der Waals surface area (Å²) < 4.78 is 1.83. The molecule has 0 aromatic carbocycles. The van der Waals surface area contributed by atoms with E-state index >= 15 is 0 Å². The number of nitrogens with zero attached hydrogens (tertiary/aromatic N) is 2. The molecule has 0 bridgehead atoms. The largest absolute Gasteiger partial charge is 0.366 e. The predicted molar refractivity (Wildman–Crippen MR) is 51.9 cm³/mol. The van der Waals surface area contributed by atoms with Crippen LogP contribution in [0.25, 0.3) is 0 Å². The second-order valence-corrected chi connectivity index (χ2v) is 3.57. The number of primary amides is 1. The van der Waals surface area contributed by atoms with Gasteiger partial charge in [0.15, 0.2) is 0 Å². The third-order valence-corrected chi connectivity index (χ3v) is 2.53. The molecule has 5 nitrogen and oxygen atoms in total. The summed E-state index contributed by atoms with van der Waals surface area (Å²) in [4.78, 5) is 10.9. The van der Waals surface area contributed by atoms with Gasteiger partial charge < -0.3 is 11.1 Å². The van der Waals surface area contributed by atoms with Crippen LogP contribution in [0.2, 0.25) is 0 Å². The number of hydrogen-bond acceptors (Lipinski definition) is 3. The fraction of sp³-hybridized carbons (Fsp3) is 0.556. The van der Waals surface area contributed by atoms with Gasteiger partial charge in [-0.15, -0.1) is 0 Å². The van der Waals surface area contributed by atoms with Gasteiger partial charge in [-0.1, -0.05) is 0 Å². The summed E-state index contributed by atoms with van der Waals surface area (Å²) in [7, 11) is 0. The van der Waals surface area contributed by atoms with Gasteiger partial charge in [0, 0.05) is 12.7 Å². The Balaban J connectivity index is 2.11. The molecule has 1 aromatic rings. The molecule has 1 unspecified atom stereocenters. The minimum atomic E-state index is -0.417. The Hall–Kier alpha value is -1.36. The number of carbonyl (C=O) groups is 1. The fourth-order valence-electron chi connectivity index (χ4n) is 1.72. The number of amides is 1. The highest BCUT2D eigenvalue weighted by molar-refractivity contribution is 5.92. The highest BCUT2D eigenvalue weighted by Crippen LogP contribution is 2.15. The highest BCUT2D eigenvalue weighted by atomic mass is 16.1. The molecule has 3 N–H and O–H groups in total. The van der Waals surface area contributed by atoms with Crippen LogP contribution >= 0.6 is 0 Å². The lowest BCUT2D eigenvalue weighted by molar-refractivity contribution is 0.1000. The van der Waals surface area contributed by atoms with Crippen LogP contribution in [0.1, 0.15) is 29.2 Å². The Labute approximate surface area is 82.3 Å². The maximum atomic E-state index is 10.9. The molecule has 0 radical (unpaired) electrons. The maximum absolute atomic E-state index is 10.9. The van der Waals surface area contributed by atoms with E-state index in [1.54, 1.807) is 6.20 Å². The number of rotatable bonds is 2. The van der Waals surface area contributed by atoms with Crippen molar-refractivity contribution < 1.29 is 4.79 Å². The van der Waals surface area contributed by atoms with Crippen LogP contribution in [0.3, 0.4) is 0 Å². The average molecular weight is 194 g/mol. The highest BCUT2D eigenvalue weighted by Gasteiger charge is 2.16. The summed E-state index contributed by atoms with van der Waals surface area (Å²) >= 11 is 0. The zero-order valence-corrected chi connectivity index (χ0v) is 7.94. The van der Waals surface area contributed by atoms with Crippen molar-refractivity contribution in [3.05, 3.63) is 18.0 Å². The van der Waals surface area contributed by atoms with Gasteiger partial charge in [-0.05, 0) is 19.4 Å². The lowest BCUT2D eigenvalue weighted by Gasteiger charge is -2.22. The molecular weight excluding hydrogens is 180 g/mol. The first-order valence-corrected chi connectivity index (χ1v) is 4.82. The third kappa shape index (κ3) is 1.77. The summed E-state index contributed by atoms with van der Waals surface area (Å²) in [5.41, 5.74) is 5.63. The molecule has 1 saturated heterocycles. The number of aromatic nitrogens is 2. The van der Waals surface area contributed by atoms with E-state index in [0.717, 1.165) is 25.9 Å². The molecular formula is C9H14N4O. The van der Waals surface area contributed by atoms with Gasteiger partial charge in [0.25, 0.3) is 5.91 Å². The van der Waals surface area contributed by atoms with Crippen molar-refractivity contribution >= 4 is 5.91 Å². The van der Waals surface area contributed by atoms with Gasteiger partial charge in [-0.25, -0.2) is 0 Å². The van der Waals surface area contributed by atoms with Crippen LogP contribution in [-0.2, 0) is 0 Å². The van der Waals surface area contributed by atoms with E-state index < -0.39 is 5.91 Å². The van der Waals surface area contributed by atoms with E-state index in [1.807, 2.05) is 4.68 Å². The number of hydrogen-bond donors (Lipinski definition) is 2. The fourth-order valence-corrected chi connectivity index (χ4v) is 1.72. The SMILES string of the molecule is NC(=O)c1cnn(C2CCCNC2)c1. The summed E-state index contributed by atoms with van der Waals surface area (Å²) in [5.74, 6) is -0.417. The molecule has 1 atom stereocenters. The van der Waals surface area contributed by atoms with Gasteiger partial charge in [0.05, 0.1) is 17.8 Å². The third-order valence-electron chi connectivity index (χ3n) is 2.53. The molecule has 2 rings (SSSR count). The normalized spacial score (nSPS) is 22.1. The molecule has 5 heteroatoms. The topological polar surface area (TPSA) is 72.9 Å². The molecule has 76 valence electrons. The summed E-state index contributed by atoms with van der Waals surface area (Å²) in [6.45, 7) is 1.99. The Morgan fingerprint density at radius 2 is 2.57 bits per heavy atom. The van der Waals surface area contributed by atoms with E-state index in [-0.39, 0.29) is 0 Å². The van der Waals surface area contributed by atoms with Gasteiger partial charge in [-0.3, -0.25) is 9.48 Å². The standard InChI is InChI=1S/C9H14N4O/c10-9(14)7-4-12-13(6-7)8-2-1-3-11-5-8/h4,6,8,11H,1-3,5H2,(H2,10,14). The van der Waals surface area contributed by atoms with Gasteiger partial charge in [-0.2, -0.15) is 5.10 Å². The first kappa shape index (κ1) is 9.21. The Morgan fingerprint density at radius 1 is 1.71 bits per heavy atom. The lowest BCUT2D eigenvalue weighted by Crippen LogP contribution is -2.31. The monoisotopic (exact) mass is 194 g/mol. The average Bonchev–Trinajstić information content (AvgIpc) is 2.68. The van der Waals surface area contributed by atoms with E-state index in [1.165, 1.54) is 6.20 Å². The second-order valence-electron chi connectivity index (χ2n) is 3.57. The van der Waals surface area contributed by atoms with E-state index in [2.05, 4.69) is 10.4 Å². The molecule has 14 heavy (non-hydrogen) atoms. The van der Waals surface area contributed by atoms with Crippen molar-refractivity contribution in [2.75, 3.05) is 13.1 Å². The number of nitrogens with two attached hydrogens (primary N) is 1. The van der Waals surface area contributed by atoms with Crippen molar-refractivity contribution in [2.24, 2.45) is 5.73 Å². The Bertz CT molecular complexity index is 327. The minimum Gasteiger partial charge on any atom is -0.366 e. The molecule has 1 amide bonds. The quantitative estimate of drug-likeness (QED) is 0.691. The van der Waals surface area contributed by atoms with Gasteiger partial charge in [0.1, 0.15) is 0 Å². The first-order chi connectivity index (χ1) is 6.77. The smallest absolute Gasteiger partial charge is 0.251 e. The number of piperidine rings is 1. The zero-order chi connectivity index (χ0) is 9.97. The molecule has 1 aliphatic rings. The lowest BCUT2D eigenvalue weighted by atomic mass is 10.1. The summed E-state index contributed by atoms with van der Waals surface area (Å²) in [6.07, 6.45) is 5.50. The van der Waals surface area contributed by atoms with Crippen LogP contribution in [0.5, 0.6) is 0 Å². The summed E-state index contributed by atoms with van der Waals surface area (Å²) in [5, 5.41) is 7.43. The predicted octanol–water partition coefficient (Wildman–Crippen LogP) is -0.0935. The number of nitrogens with one attached hydrogen (secondary N) is 1. The Kier molecular flexibility index (Phi) is 2.49. The van der Waals surface area contributed by atoms with Crippen LogP contribution in [0, 0.1) is 0 Å². The van der Waals surface area contributed by atoms with Crippen LogP contribution in [0.4, 0.5) is 0 Å². The number of carbonyl (C=O) groups excluding carboxylic acids is 1. The second kappa shape index (κ2) is 3.79. The van der Waals surface area contributed by atoms with Crippen LogP contribution in [-0.4, -0.2) is 28.8 Å². The van der Waals surface area contributed by atoms with Crippen LogP contribution in [0.15, 0.2) is 12.4 Å². The molecule has 0 saturated carbocycles. The molecule has 0 aliphatic carbocycles. The van der Waals surface area contributed by atoms with E-state index in [0.29, 0.717) is 11.6 Å². The van der Waals surface area contributed by atoms with Crippen molar-refractivity contribution in [3.63, 3.8) is 0 Å². The zero-order valence-electron chi connectivity index (χ0n) is 7.94. The van der Waals surface area contributed by atoms with Crippen molar-refractivity contribution in [1.82, 2.24) is 15.1 Å². The Morgan fingerprint density at radius 3 is 3.14 bits per heavy atom. The van der Waals surface area contributed by atoms with Crippen molar-refractivity contribution in [2.45, 2.75) is 18.9 Å². The molecule has 1 aromatic heterocycles. The van der Waals surface area contributed by atoms with Crippen molar-refractivity contribution in [1.29, 1.82) is 0 Å². The maximum Gasteiger partial charge on any atom is 0.251 e. The first-order valence-electron chi connectivity index (χ1n) is 4.82. The molecule has 1 aliphatic heterocycles. The van der Waals surface area contributed by atoms with E-state index in [4.69, 9.17) is 5.73 Å². The van der Waals surface area contributed by atoms with Gasteiger partial charge in [0.2, 0.25) is 0 Å². The van der Waals surface area contributed by atoms with Crippen LogP contribution < -0.4 is 11.1 Å². The minimum absolute atomic E-state index is 0.358. The summed E-state index contributed by atoms with van der Waals surface area (Å²) in [6, 6.07) is 0.358. The van der Waals surface area contributed by atoms with E-state index in [9.17, 15) is 4.79 Å².